The van der Waals surface area contributed by atoms with Gasteiger partial charge in [-0.05, 0) is 18.2 Å². The van der Waals surface area contributed by atoms with Crippen LogP contribution in [0.4, 0.5) is 0 Å². The quantitative estimate of drug-likeness (QED) is 0.590. The molecule has 0 bridgehead atoms. The van der Waals surface area contributed by atoms with Crippen molar-refractivity contribution in [1.29, 1.82) is 0 Å². The summed E-state index contributed by atoms with van der Waals surface area (Å²) in [5, 5.41) is 9.27. The number of nitrogens with zero attached hydrogens (tertiary/aromatic N) is 2. The van der Waals surface area contributed by atoms with E-state index >= 15 is 0 Å². The van der Waals surface area contributed by atoms with Crippen molar-refractivity contribution < 1.29 is 5.11 Å². The third kappa shape index (κ3) is 0.860. The lowest BCUT2D eigenvalue weighted by Crippen LogP contribution is -1.74. The Labute approximate surface area is 77.9 Å². The number of phenols is 1. The lowest BCUT2D eigenvalue weighted by molar-refractivity contribution is 0.476. The fourth-order valence-corrected chi connectivity index (χ4v) is 2.45. The molecule has 0 atom stereocenters. The number of rotatable bonds is 0. The minimum Gasteiger partial charge on any atom is -0.508 e. The van der Waals surface area contributed by atoms with Gasteiger partial charge in [-0.2, -0.15) is 0 Å². The number of benzene rings is 1. The van der Waals surface area contributed by atoms with Gasteiger partial charge in [-0.3, -0.25) is 4.40 Å². The van der Waals surface area contributed by atoms with Gasteiger partial charge in [0.25, 0.3) is 0 Å². The monoisotopic (exact) mass is 190 g/mol. The molecule has 64 valence electrons. The number of fused-ring (bicyclic) bond motifs is 3. The Bertz CT molecular complexity index is 581. The van der Waals surface area contributed by atoms with Crippen molar-refractivity contribution >= 4 is 26.5 Å². The molecule has 0 unspecified atom stereocenters. The van der Waals surface area contributed by atoms with Gasteiger partial charge < -0.3 is 5.11 Å². The van der Waals surface area contributed by atoms with Crippen LogP contribution in [0.3, 0.4) is 0 Å². The smallest absolute Gasteiger partial charge is 0.194 e. The average molecular weight is 190 g/mol. The van der Waals surface area contributed by atoms with E-state index in [0.29, 0.717) is 5.75 Å². The van der Waals surface area contributed by atoms with Gasteiger partial charge in [0.15, 0.2) is 4.96 Å². The van der Waals surface area contributed by atoms with E-state index in [2.05, 4.69) is 4.98 Å². The molecule has 0 aliphatic carbocycles. The second kappa shape index (κ2) is 2.23. The van der Waals surface area contributed by atoms with Crippen molar-refractivity contribution in [2.45, 2.75) is 0 Å². The second-order valence-electron chi connectivity index (χ2n) is 2.83. The molecule has 2 aromatic heterocycles. The highest BCUT2D eigenvalue weighted by Gasteiger charge is 2.04. The number of aromatic hydroxyl groups is 1. The van der Waals surface area contributed by atoms with Crippen molar-refractivity contribution in [3.05, 3.63) is 30.6 Å². The lowest BCUT2D eigenvalue weighted by Gasteiger charge is -1.91. The van der Waals surface area contributed by atoms with Crippen LogP contribution in [0.2, 0.25) is 0 Å². The topological polar surface area (TPSA) is 37.5 Å². The van der Waals surface area contributed by atoms with Crippen LogP contribution in [0.5, 0.6) is 5.75 Å². The van der Waals surface area contributed by atoms with Crippen LogP contribution in [0.1, 0.15) is 0 Å². The van der Waals surface area contributed by atoms with Crippen molar-refractivity contribution in [3.63, 3.8) is 0 Å². The third-order valence-corrected chi connectivity index (χ3v) is 3.04. The van der Waals surface area contributed by atoms with Crippen LogP contribution in [0.15, 0.2) is 30.6 Å². The first-order valence-corrected chi connectivity index (χ1v) is 4.71. The number of imidazole rings is 1. The minimum atomic E-state index is 0.303. The van der Waals surface area contributed by atoms with Crippen LogP contribution in [0, 0.1) is 0 Å². The fraction of sp³-hybridized carbons (Fsp3) is 0. The molecule has 4 heteroatoms. The number of phenolic OH excluding ortho intramolecular Hbond substituents is 1. The molecule has 0 saturated carbocycles. The van der Waals surface area contributed by atoms with E-state index in [0.717, 1.165) is 15.2 Å². The Morgan fingerprint density at radius 1 is 1.38 bits per heavy atom. The maximum atomic E-state index is 9.27. The first-order chi connectivity index (χ1) is 6.34. The minimum absolute atomic E-state index is 0.303. The van der Waals surface area contributed by atoms with E-state index in [-0.39, 0.29) is 0 Å². The van der Waals surface area contributed by atoms with Gasteiger partial charge >= 0.3 is 0 Å². The summed E-state index contributed by atoms with van der Waals surface area (Å²) in [7, 11) is 0. The van der Waals surface area contributed by atoms with E-state index < -0.39 is 0 Å². The predicted octanol–water partition coefficient (Wildman–Crippen LogP) is 2.25. The molecule has 3 rings (SSSR count). The largest absolute Gasteiger partial charge is 0.508 e. The maximum Gasteiger partial charge on any atom is 0.194 e. The molecule has 0 fully saturated rings. The number of hydrogen-bond acceptors (Lipinski definition) is 3. The van der Waals surface area contributed by atoms with Gasteiger partial charge in [0.2, 0.25) is 0 Å². The van der Waals surface area contributed by atoms with Crippen LogP contribution in [-0.4, -0.2) is 14.5 Å². The van der Waals surface area contributed by atoms with Gasteiger partial charge in [-0.1, -0.05) is 11.3 Å². The van der Waals surface area contributed by atoms with E-state index in [4.69, 9.17) is 0 Å². The van der Waals surface area contributed by atoms with Gasteiger partial charge in [-0.15, -0.1) is 0 Å². The van der Waals surface area contributed by atoms with Crippen LogP contribution < -0.4 is 0 Å². The number of thiazole rings is 1. The predicted molar refractivity (Wildman–Crippen MR) is 52.2 cm³/mol. The van der Waals surface area contributed by atoms with E-state index in [1.165, 1.54) is 0 Å². The first-order valence-electron chi connectivity index (χ1n) is 3.89. The normalized spacial score (nSPS) is 11.4. The Morgan fingerprint density at radius 2 is 2.31 bits per heavy atom. The summed E-state index contributed by atoms with van der Waals surface area (Å²) in [5.74, 6) is 0.303. The molecule has 2 heterocycles. The Morgan fingerprint density at radius 3 is 3.23 bits per heavy atom. The summed E-state index contributed by atoms with van der Waals surface area (Å²) in [4.78, 5) is 5.14. The van der Waals surface area contributed by atoms with Crippen LogP contribution >= 0.6 is 11.3 Å². The van der Waals surface area contributed by atoms with Crippen molar-refractivity contribution in [3.8, 4) is 5.75 Å². The summed E-state index contributed by atoms with van der Waals surface area (Å²) in [6.07, 6.45) is 3.70. The highest BCUT2D eigenvalue weighted by atomic mass is 32.1. The van der Waals surface area contributed by atoms with E-state index in [1.807, 2.05) is 16.7 Å². The van der Waals surface area contributed by atoms with Crippen molar-refractivity contribution in [1.82, 2.24) is 9.38 Å². The first kappa shape index (κ1) is 6.91. The third-order valence-electron chi connectivity index (χ3n) is 2.01. The molecule has 0 aliphatic rings. The maximum absolute atomic E-state index is 9.27. The van der Waals surface area contributed by atoms with Crippen LogP contribution in [0.25, 0.3) is 15.2 Å². The number of aromatic nitrogens is 2. The van der Waals surface area contributed by atoms with Gasteiger partial charge in [-0.25, -0.2) is 4.98 Å². The Balaban J connectivity index is 2.59. The summed E-state index contributed by atoms with van der Waals surface area (Å²) >= 11 is 1.57. The average Bonchev–Trinajstić information content (AvgIpc) is 2.62. The molecular formula is C9H6N2OS. The van der Waals surface area contributed by atoms with Gasteiger partial charge in [0, 0.05) is 12.4 Å². The molecule has 13 heavy (non-hydrogen) atoms. The molecule has 0 saturated heterocycles. The summed E-state index contributed by atoms with van der Waals surface area (Å²) in [6, 6.07) is 5.35. The Hall–Kier alpha value is -1.55. The standard InChI is InChI=1S/C9H6N2OS/c12-6-1-2-7-8(5-6)13-9-10-3-4-11(7)9/h1-5,12H. The molecular weight excluding hydrogens is 184 g/mol. The van der Waals surface area contributed by atoms with Gasteiger partial charge in [0.1, 0.15) is 5.75 Å². The zero-order valence-corrected chi connectivity index (χ0v) is 7.45. The fourth-order valence-electron chi connectivity index (χ4n) is 1.43. The number of hydrogen-bond donors (Lipinski definition) is 1. The summed E-state index contributed by atoms with van der Waals surface area (Å²) in [6.45, 7) is 0. The zero-order valence-electron chi connectivity index (χ0n) is 6.64. The SMILES string of the molecule is Oc1ccc2c(c1)sc1nccn12. The zero-order chi connectivity index (χ0) is 8.84. The molecule has 3 nitrogen and oxygen atoms in total. The van der Waals surface area contributed by atoms with E-state index in [9.17, 15) is 5.11 Å². The summed E-state index contributed by atoms with van der Waals surface area (Å²) in [5.41, 5.74) is 1.09. The molecule has 0 radical (unpaired) electrons. The Kier molecular flexibility index (Phi) is 1.19. The molecule has 0 spiro atoms. The lowest BCUT2D eigenvalue weighted by atomic mass is 10.3. The second-order valence-corrected chi connectivity index (χ2v) is 3.84. The molecule has 3 aromatic rings. The van der Waals surface area contributed by atoms with E-state index in [1.54, 1.807) is 29.7 Å². The van der Waals surface area contributed by atoms with Crippen molar-refractivity contribution in [2.24, 2.45) is 0 Å². The summed E-state index contributed by atoms with van der Waals surface area (Å²) < 4.78 is 3.07. The molecule has 1 aromatic carbocycles. The molecule has 0 amide bonds. The molecule has 0 aliphatic heterocycles. The van der Waals surface area contributed by atoms with Crippen LogP contribution in [-0.2, 0) is 0 Å². The highest BCUT2D eigenvalue weighted by Crippen LogP contribution is 2.27. The van der Waals surface area contributed by atoms with Gasteiger partial charge in [0.05, 0.1) is 10.2 Å². The highest BCUT2D eigenvalue weighted by molar-refractivity contribution is 7.23. The van der Waals surface area contributed by atoms with Crippen molar-refractivity contribution in [2.75, 3.05) is 0 Å². The molecule has 1 N–H and O–H groups in total.